The zero-order chi connectivity index (χ0) is 19.1. The first-order valence-corrected chi connectivity index (χ1v) is 9.06. The van der Waals surface area contributed by atoms with Crippen molar-refractivity contribution >= 4 is 17.5 Å². The first kappa shape index (κ1) is 20.2. The quantitative estimate of drug-likeness (QED) is 0.843. The van der Waals surface area contributed by atoms with Gasteiger partial charge in [-0.3, -0.25) is 9.59 Å². The molecule has 0 spiro atoms. The number of hydrogen-bond acceptors (Lipinski definition) is 5. The Labute approximate surface area is 155 Å². The van der Waals surface area contributed by atoms with Crippen molar-refractivity contribution in [2.24, 2.45) is 0 Å². The van der Waals surface area contributed by atoms with E-state index in [1.165, 1.54) is 0 Å². The Kier molecular flexibility index (Phi) is 7.41. The lowest BCUT2D eigenvalue weighted by Crippen LogP contribution is -2.54. The number of rotatable bonds is 4. The lowest BCUT2D eigenvalue weighted by molar-refractivity contribution is -0.129. The number of fused-ring (bicyclic) bond motifs is 1. The van der Waals surface area contributed by atoms with Crippen molar-refractivity contribution in [1.29, 1.82) is 0 Å². The maximum absolute atomic E-state index is 13.3. The van der Waals surface area contributed by atoms with Gasteiger partial charge >= 0.3 is 0 Å². The van der Waals surface area contributed by atoms with E-state index in [2.05, 4.69) is 10.6 Å². The van der Waals surface area contributed by atoms with Crippen molar-refractivity contribution in [2.75, 3.05) is 31.8 Å². The second-order valence-electron chi connectivity index (χ2n) is 6.59. The summed E-state index contributed by atoms with van der Waals surface area (Å²) < 4.78 is 11.4. The first-order valence-electron chi connectivity index (χ1n) is 9.06. The molecule has 0 aromatic heterocycles. The molecule has 1 aliphatic rings. The number of ether oxygens (including phenoxy) is 2. The second kappa shape index (κ2) is 9.54. The molecule has 1 aromatic carbocycles. The maximum atomic E-state index is 13.3. The maximum Gasteiger partial charge on any atom is 0.249 e. The molecule has 7 nitrogen and oxygen atoms in total. The smallest absolute Gasteiger partial charge is 0.249 e. The number of carbonyl (C=O) groups is 2. The minimum atomic E-state index is -0.660. The van der Waals surface area contributed by atoms with E-state index in [0.717, 1.165) is 0 Å². The summed E-state index contributed by atoms with van der Waals surface area (Å²) in [6, 6.07) is 6.31. The Morgan fingerprint density at radius 3 is 2.62 bits per heavy atom. The van der Waals surface area contributed by atoms with Crippen LogP contribution in [0, 0.1) is 0 Å². The molecule has 7 heteroatoms. The number of carbonyl (C=O) groups excluding carboxylic acids is 2. The zero-order valence-electron chi connectivity index (χ0n) is 16.0. The molecule has 0 aliphatic carbocycles. The van der Waals surface area contributed by atoms with Gasteiger partial charge < -0.3 is 25.0 Å². The molecular formula is C19H29N3O4. The van der Waals surface area contributed by atoms with Crippen molar-refractivity contribution < 1.29 is 19.1 Å². The van der Waals surface area contributed by atoms with Gasteiger partial charge in [0.1, 0.15) is 18.4 Å². The molecule has 0 radical (unpaired) electrons. The van der Waals surface area contributed by atoms with Crippen LogP contribution >= 0.6 is 0 Å². The van der Waals surface area contributed by atoms with Crippen LogP contribution in [0.2, 0.25) is 0 Å². The van der Waals surface area contributed by atoms with Gasteiger partial charge in [0.15, 0.2) is 0 Å². The van der Waals surface area contributed by atoms with Crippen molar-refractivity contribution in [3.63, 3.8) is 0 Å². The van der Waals surface area contributed by atoms with Crippen LogP contribution in [0.25, 0.3) is 0 Å². The highest BCUT2D eigenvalue weighted by Gasteiger charge is 2.31. The van der Waals surface area contributed by atoms with Gasteiger partial charge in [-0.1, -0.05) is 12.1 Å². The highest BCUT2D eigenvalue weighted by molar-refractivity contribution is 6.01. The summed E-state index contributed by atoms with van der Waals surface area (Å²) in [6.45, 7) is 6.85. The van der Waals surface area contributed by atoms with E-state index in [9.17, 15) is 9.59 Å². The van der Waals surface area contributed by atoms with Gasteiger partial charge in [0.25, 0.3) is 0 Å². The van der Waals surface area contributed by atoms with Gasteiger partial charge in [-0.2, -0.15) is 0 Å². The van der Waals surface area contributed by atoms with Gasteiger partial charge in [-0.05, 0) is 46.4 Å². The summed E-state index contributed by atoms with van der Waals surface area (Å²) in [5.41, 5.74) is 0.704. The molecule has 0 saturated heterocycles. The van der Waals surface area contributed by atoms with Gasteiger partial charge in [0.2, 0.25) is 11.8 Å². The van der Waals surface area contributed by atoms with Crippen molar-refractivity contribution in [3.8, 4) is 5.75 Å². The molecule has 2 unspecified atom stereocenters. The van der Waals surface area contributed by atoms with Crippen LogP contribution in [0.3, 0.4) is 0 Å². The molecule has 0 fully saturated rings. The Hall–Kier alpha value is -2.12. The Bertz CT molecular complexity index is 621. The second-order valence-corrected chi connectivity index (χ2v) is 6.59. The van der Waals surface area contributed by atoms with E-state index in [1.54, 1.807) is 18.9 Å². The van der Waals surface area contributed by atoms with E-state index in [-0.39, 0.29) is 23.9 Å². The summed E-state index contributed by atoms with van der Waals surface area (Å²) in [5.74, 6) is 0.251. The Balaban J connectivity index is 2.36. The summed E-state index contributed by atoms with van der Waals surface area (Å²) in [7, 11) is 1.71. The van der Waals surface area contributed by atoms with E-state index >= 15 is 0 Å². The fourth-order valence-electron chi connectivity index (χ4n) is 2.80. The topological polar surface area (TPSA) is 79.9 Å². The van der Waals surface area contributed by atoms with E-state index < -0.39 is 6.04 Å². The molecule has 1 heterocycles. The molecule has 1 aromatic rings. The molecule has 2 amide bonds. The largest absolute Gasteiger partial charge is 0.489 e. The molecular weight excluding hydrogens is 334 g/mol. The molecule has 2 atom stereocenters. The molecule has 1 aliphatic heterocycles. The summed E-state index contributed by atoms with van der Waals surface area (Å²) in [6.07, 6.45) is 0.409. The average molecular weight is 363 g/mol. The van der Waals surface area contributed by atoms with Gasteiger partial charge in [-0.25, -0.2) is 0 Å². The molecule has 0 saturated carbocycles. The Morgan fingerprint density at radius 2 is 1.92 bits per heavy atom. The molecule has 26 heavy (non-hydrogen) atoms. The van der Waals surface area contributed by atoms with Crippen LogP contribution in [0.4, 0.5) is 5.69 Å². The first-order chi connectivity index (χ1) is 12.5. The highest BCUT2D eigenvalue weighted by Crippen LogP contribution is 2.30. The average Bonchev–Trinajstić information content (AvgIpc) is 2.65. The molecule has 2 rings (SSSR count). The standard InChI is InChI=1S/C19H29N3O4/c1-13(2)22-16-7-5-6-8-17(16)26-12-11-25-10-9-15(19(22)24)21-18(23)14(3)20-4/h5-8,13-15,20H,9-12H2,1-4H3,(H,21,23). The molecule has 0 bridgehead atoms. The minimum absolute atomic E-state index is 0.0879. The van der Waals surface area contributed by atoms with Gasteiger partial charge in [0, 0.05) is 12.6 Å². The SMILES string of the molecule is CNC(C)C(=O)NC1CCOCCOc2ccccc2N(C(C)C)C1=O. The van der Waals surface area contributed by atoms with Crippen LogP contribution in [0.15, 0.2) is 24.3 Å². The highest BCUT2D eigenvalue weighted by atomic mass is 16.5. The minimum Gasteiger partial charge on any atom is -0.489 e. The number of para-hydroxylation sites is 2. The van der Waals surface area contributed by atoms with Gasteiger partial charge in [0.05, 0.1) is 18.3 Å². The lowest BCUT2D eigenvalue weighted by atomic mass is 10.1. The number of likely N-dealkylation sites (N-methyl/N-ethyl adjacent to an activating group) is 1. The Morgan fingerprint density at radius 1 is 1.19 bits per heavy atom. The van der Waals surface area contributed by atoms with Crippen LogP contribution in [0.1, 0.15) is 27.2 Å². The lowest BCUT2D eigenvalue weighted by Gasteiger charge is -2.32. The summed E-state index contributed by atoms with van der Waals surface area (Å²) in [5, 5.41) is 5.75. The predicted octanol–water partition coefficient (Wildman–Crippen LogP) is 1.32. The normalized spacial score (nSPS) is 20.0. The third kappa shape index (κ3) is 4.95. The molecule has 144 valence electrons. The number of nitrogens with zero attached hydrogens (tertiary/aromatic N) is 1. The zero-order valence-corrected chi connectivity index (χ0v) is 16.0. The van der Waals surface area contributed by atoms with Crippen molar-refractivity contribution in [1.82, 2.24) is 10.6 Å². The molecule has 2 N–H and O–H groups in total. The van der Waals surface area contributed by atoms with Gasteiger partial charge in [-0.15, -0.1) is 0 Å². The van der Waals surface area contributed by atoms with Crippen molar-refractivity contribution in [3.05, 3.63) is 24.3 Å². The summed E-state index contributed by atoms with van der Waals surface area (Å²) in [4.78, 5) is 27.3. The van der Waals surface area contributed by atoms with E-state index in [0.29, 0.717) is 37.7 Å². The fourth-order valence-corrected chi connectivity index (χ4v) is 2.80. The predicted molar refractivity (Wildman–Crippen MR) is 100 cm³/mol. The number of amides is 2. The number of benzene rings is 1. The monoisotopic (exact) mass is 363 g/mol. The third-order valence-corrected chi connectivity index (χ3v) is 4.36. The van der Waals surface area contributed by atoms with Crippen LogP contribution in [0.5, 0.6) is 5.75 Å². The fraction of sp³-hybridized carbons (Fsp3) is 0.579. The van der Waals surface area contributed by atoms with Crippen molar-refractivity contribution in [2.45, 2.75) is 45.3 Å². The van der Waals surface area contributed by atoms with Crippen LogP contribution in [-0.2, 0) is 14.3 Å². The number of anilines is 1. The summed E-state index contributed by atoms with van der Waals surface area (Å²) >= 11 is 0. The van der Waals surface area contributed by atoms with E-state index in [1.807, 2.05) is 38.1 Å². The number of nitrogens with one attached hydrogen (secondary N) is 2. The third-order valence-electron chi connectivity index (χ3n) is 4.36. The number of hydrogen-bond donors (Lipinski definition) is 2. The van der Waals surface area contributed by atoms with Crippen LogP contribution in [-0.4, -0.2) is 56.8 Å². The van der Waals surface area contributed by atoms with Crippen LogP contribution < -0.4 is 20.3 Å². The van der Waals surface area contributed by atoms with E-state index in [4.69, 9.17) is 9.47 Å².